The number of aromatic nitrogens is 2. The lowest BCUT2D eigenvalue weighted by Crippen LogP contribution is -2.40. The zero-order chi connectivity index (χ0) is 31.9. The molecule has 1 aliphatic rings. The first-order valence-electron chi connectivity index (χ1n) is 14.9. The van der Waals surface area contributed by atoms with Crippen molar-refractivity contribution < 1.29 is 28.4 Å². The molecular formula is C33H43N5O6. The molecule has 11 heteroatoms. The molecule has 2 heterocycles. The predicted molar refractivity (Wildman–Crippen MR) is 166 cm³/mol. The summed E-state index contributed by atoms with van der Waals surface area (Å²) in [5.41, 5.74) is 2.77. The predicted octanol–water partition coefficient (Wildman–Crippen LogP) is 6.34. The summed E-state index contributed by atoms with van der Waals surface area (Å²) in [6.07, 6.45) is -0.0332. The van der Waals surface area contributed by atoms with Crippen LogP contribution in [-0.2, 0) is 14.3 Å². The molecule has 1 N–H and O–H groups in total. The molecule has 0 aliphatic carbocycles. The van der Waals surface area contributed by atoms with Gasteiger partial charge in [0.15, 0.2) is 5.82 Å². The van der Waals surface area contributed by atoms with Gasteiger partial charge in [-0.2, -0.15) is 4.98 Å². The quantitative estimate of drug-likeness (QED) is 0.251. The van der Waals surface area contributed by atoms with Gasteiger partial charge in [-0.3, -0.25) is 4.79 Å². The van der Waals surface area contributed by atoms with Gasteiger partial charge in [0, 0.05) is 12.0 Å². The van der Waals surface area contributed by atoms with Crippen LogP contribution in [0.4, 0.5) is 4.79 Å². The molecule has 2 amide bonds. The van der Waals surface area contributed by atoms with E-state index >= 15 is 0 Å². The third kappa shape index (κ3) is 8.66. The van der Waals surface area contributed by atoms with E-state index in [1.807, 2.05) is 82.3 Å². The third-order valence-electron chi connectivity index (χ3n) is 7.11. The van der Waals surface area contributed by atoms with Gasteiger partial charge in [0.05, 0.1) is 30.6 Å². The molecule has 236 valence electrons. The lowest BCUT2D eigenvalue weighted by molar-refractivity contribution is -0.0703. The molecule has 4 rings (SSSR count). The molecule has 44 heavy (non-hydrogen) atoms. The molecule has 0 unspecified atom stereocenters. The SMILES string of the molecule is CON=C1C[C@@H](c2noc([C@@H](NC(=O)OCCC(C)C)[C@@H](C)OC(C)(C)C)n2)N(C(=O)c2ccc(-c3ccccc3)cc2)C1. The molecule has 1 fully saturated rings. The highest BCUT2D eigenvalue weighted by Gasteiger charge is 2.39. The minimum Gasteiger partial charge on any atom is -0.450 e. The number of rotatable bonds is 11. The van der Waals surface area contributed by atoms with Gasteiger partial charge in [-0.25, -0.2) is 4.79 Å². The number of alkyl carbamates (subject to hydrolysis) is 1. The second kappa shape index (κ2) is 14.5. The first-order valence-corrected chi connectivity index (χ1v) is 14.9. The van der Waals surface area contributed by atoms with E-state index in [0.29, 0.717) is 29.4 Å². The average molecular weight is 606 g/mol. The maximum absolute atomic E-state index is 13.8. The normalized spacial score (nSPS) is 17.5. The highest BCUT2D eigenvalue weighted by atomic mass is 16.6. The smallest absolute Gasteiger partial charge is 0.407 e. The molecule has 1 saturated heterocycles. The van der Waals surface area contributed by atoms with Crippen LogP contribution in [0, 0.1) is 5.92 Å². The Morgan fingerprint density at radius 3 is 2.39 bits per heavy atom. The van der Waals surface area contributed by atoms with E-state index in [1.54, 1.807) is 4.90 Å². The van der Waals surface area contributed by atoms with E-state index in [4.69, 9.17) is 18.8 Å². The van der Waals surface area contributed by atoms with E-state index in [-0.39, 0.29) is 24.9 Å². The third-order valence-corrected chi connectivity index (χ3v) is 7.11. The first kappa shape index (κ1) is 32.7. The highest BCUT2D eigenvalue weighted by molar-refractivity contribution is 6.00. The Hall–Kier alpha value is -4.25. The minimum absolute atomic E-state index is 0.148. The fraction of sp³-hybridized carbons (Fsp3) is 0.485. The Balaban J connectivity index is 1.57. The van der Waals surface area contributed by atoms with Crippen molar-refractivity contribution >= 4 is 17.7 Å². The Bertz CT molecular complexity index is 1410. The van der Waals surface area contributed by atoms with Crippen molar-refractivity contribution in [1.29, 1.82) is 0 Å². The van der Waals surface area contributed by atoms with Crippen LogP contribution in [-0.4, -0.2) is 64.7 Å². The van der Waals surface area contributed by atoms with E-state index in [2.05, 4.69) is 34.5 Å². The van der Waals surface area contributed by atoms with Crippen LogP contribution in [0.15, 0.2) is 64.3 Å². The first-order chi connectivity index (χ1) is 20.9. The monoisotopic (exact) mass is 605 g/mol. The number of hydrogen-bond acceptors (Lipinski definition) is 9. The zero-order valence-corrected chi connectivity index (χ0v) is 26.6. The molecule has 1 aromatic heterocycles. The summed E-state index contributed by atoms with van der Waals surface area (Å²) in [5.74, 6) is 0.633. The molecule has 0 saturated carbocycles. The van der Waals surface area contributed by atoms with Crippen LogP contribution in [0.25, 0.3) is 11.1 Å². The van der Waals surface area contributed by atoms with Crippen LogP contribution < -0.4 is 5.32 Å². The van der Waals surface area contributed by atoms with Gasteiger partial charge in [-0.15, -0.1) is 0 Å². The summed E-state index contributed by atoms with van der Waals surface area (Å²) < 4.78 is 17.2. The van der Waals surface area contributed by atoms with Gasteiger partial charge in [-0.1, -0.05) is 66.6 Å². The van der Waals surface area contributed by atoms with Gasteiger partial charge < -0.3 is 29.1 Å². The fourth-order valence-electron chi connectivity index (χ4n) is 5.02. The molecular weight excluding hydrogens is 562 g/mol. The summed E-state index contributed by atoms with van der Waals surface area (Å²) >= 11 is 0. The molecule has 0 spiro atoms. The van der Waals surface area contributed by atoms with Crippen LogP contribution in [0.1, 0.15) is 88.5 Å². The summed E-state index contributed by atoms with van der Waals surface area (Å²) in [7, 11) is 1.47. The van der Waals surface area contributed by atoms with Gasteiger partial charge in [0.1, 0.15) is 19.2 Å². The molecule has 1 aliphatic heterocycles. The lowest BCUT2D eigenvalue weighted by atomic mass is 10.0. The number of carbonyl (C=O) groups excluding carboxylic acids is 2. The molecule has 2 aromatic carbocycles. The Kier molecular flexibility index (Phi) is 10.7. The molecule has 11 nitrogen and oxygen atoms in total. The van der Waals surface area contributed by atoms with Crippen molar-refractivity contribution in [2.24, 2.45) is 11.1 Å². The van der Waals surface area contributed by atoms with Crippen molar-refractivity contribution in [3.63, 3.8) is 0 Å². The number of benzene rings is 2. The van der Waals surface area contributed by atoms with Crippen LogP contribution in [0.2, 0.25) is 0 Å². The number of ether oxygens (including phenoxy) is 2. The Morgan fingerprint density at radius 1 is 1.07 bits per heavy atom. The largest absolute Gasteiger partial charge is 0.450 e. The van der Waals surface area contributed by atoms with E-state index in [1.165, 1.54) is 7.11 Å². The Morgan fingerprint density at radius 2 is 1.75 bits per heavy atom. The maximum atomic E-state index is 13.8. The van der Waals surface area contributed by atoms with Gasteiger partial charge in [0.2, 0.25) is 0 Å². The summed E-state index contributed by atoms with van der Waals surface area (Å²) in [5, 5.41) is 11.2. The number of carbonyl (C=O) groups is 2. The van der Waals surface area contributed by atoms with Gasteiger partial charge in [0.25, 0.3) is 11.8 Å². The zero-order valence-electron chi connectivity index (χ0n) is 26.6. The van der Waals surface area contributed by atoms with Gasteiger partial charge in [-0.05, 0) is 63.3 Å². The number of nitrogens with one attached hydrogen (secondary N) is 1. The summed E-state index contributed by atoms with van der Waals surface area (Å²) in [4.78, 5) is 37.8. The fourth-order valence-corrected chi connectivity index (χ4v) is 5.02. The molecule has 3 aromatic rings. The Labute approximate surface area is 258 Å². The van der Waals surface area contributed by atoms with Crippen molar-refractivity contribution in [3.05, 3.63) is 71.9 Å². The summed E-state index contributed by atoms with van der Waals surface area (Å²) in [6, 6.07) is 16.1. The molecule has 0 radical (unpaired) electrons. The van der Waals surface area contributed by atoms with E-state index in [0.717, 1.165) is 17.5 Å². The standard InChI is InChI=1S/C33H43N5O6/c1-21(2)17-18-42-32(40)34-28(22(3)43-33(4,5)6)30-35-29(37-44-30)27-19-26(36-41-7)20-38(27)31(39)25-15-13-24(14-16-25)23-11-9-8-10-12-23/h8-16,21-22,27-28H,17-20H2,1-7H3,(H,34,40)/t22-,27+,28+/m1/s1. The number of oxime groups is 1. The second-order valence-electron chi connectivity index (χ2n) is 12.3. The van der Waals surface area contributed by atoms with Crippen LogP contribution in [0.5, 0.6) is 0 Å². The second-order valence-corrected chi connectivity index (χ2v) is 12.3. The minimum atomic E-state index is -0.787. The van der Waals surface area contributed by atoms with E-state index < -0.39 is 29.9 Å². The maximum Gasteiger partial charge on any atom is 0.407 e. The van der Waals surface area contributed by atoms with Crippen molar-refractivity contribution in [1.82, 2.24) is 20.4 Å². The number of nitrogens with zero attached hydrogens (tertiary/aromatic N) is 4. The lowest BCUT2D eigenvalue weighted by Gasteiger charge is -2.29. The van der Waals surface area contributed by atoms with E-state index in [9.17, 15) is 9.59 Å². The van der Waals surface area contributed by atoms with Crippen molar-refractivity contribution in [2.75, 3.05) is 20.3 Å². The number of amides is 2. The molecule has 0 bridgehead atoms. The number of likely N-dealkylation sites (tertiary alicyclic amines) is 1. The topological polar surface area (TPSA) is 128 Å². The highest BCUT2D eigenvalue weighted by Crippen LogP contribution is 2.33. The van der Waals surface area contributed by atoms with Crippen molar-refractivity contribution in [3.8, 4) is 11.1 Å². The van der Waals surface area contributed by atoms with Crippen LogP contribution in [0.3, 0.4) is 0 Å². The molecule has 3 atom stereocenters. The summed E-state index contributed by atoms with van der Waals surface area (Å²) in [6.45, 7) is 12.2. The van der Waals surface area contributed by atoms with Crippen molar-refractivity contribution in [2.45, 2.75) is 78.2 Å². The van der Waals surface area contributed by atoms with Crippen LogP contribution >= 0.6 is 0 Å². The van der Waals surface area contributed by atoms with Gasteiger partial charge >= 0.3 is 6.09 Å². The average Bonchev–Trinajstić information content (AvgIpc) is 3.63. The number of hydrogen-bond donors (Lipinski definition) is 1.